The first-order valence-electron chi connectivity index (χ1n) is 7.27. The molecule has 1 saturated heterocycles. The number of rotatable bonds is 2. The van der Waals surface area contributed by atoms with Gasteiger partial charge in [-0.15, -0.1) is 0 Å². The summed E-state index contributed by atoms with van der Waals surface area (Å²) in [4.78, 5) is 10.1. The Bertz CT molecular complexity index is 709. The van der Waals surface area contributed by atoms with Crippen LogP contribution in [-0.4, -0.2) is 36.3 Å². The molecule has 1 N–H and O–H groups in total. The highest BCUT2D eigenvalue weighted by Gasteiger charge is 2.11. The lowest BCUT2D eigenvalue weighted by molar-refractivity contribution is 0.122. The van der Waals surface area contributed by atoms with E-state index in [9.17, 15) is 0 Å². The number of aromatic nitrogens is 2. The second-order valence-electron chi connectivity index (χ2n) is 5.27. The lowest BCUT2D eigenvalue weighted by Gasteiger charge is -2.28. The highest BCUT2D eigenvalue weighted by molar-refractivity contribution is 5.83. The number of H-pyrrole nitrogens is 1. The van der Waals surface area contributed by atoms with Crippen LogP contribution in [0.25, 0.3) is 22.3 Å². The van der Waals surface area contributed by atoms with Crippen LogP contribution < -0.4 is 4.90 Å². The topological polar surface area (TPSA) is 41.2 Å². The molecule has 0 radical (unpaired) electrons. The first-order valence-corrected chi connectivity index (χ1v) is 7.27. The van der Waals surface area contributed by atoms with Gasteiger partial charge in [-0.25, -0.2) is 4.98 Å². The van der Waals surface area contributed by atoms with Gasteiger partial charge in [-0.2, -0.15) is 0 Å². The van der Waals surface area contributed by atoms with Crippen LogP contribution in [-0.2, 0) is 4.74 Å². The third-order valence-electron chi connectivity index (χ3n) is 3.95. The van der Waals surface area contributed by atoms with E-state index in [4.69, 9.17) is 4.74 Å². The molecular weight excluding hydrogens is 262 g/mol. The molecule has 4 nitrogen and oxygen atoms in total. The Morgan fingerprint density at radius 3 is 2.62 bits per heavy atom. The molecule has 4 rings (SSSR count). The van der Waals surface area contributed by atoms with Gasteiger partial charge in [0.15, 0.2) is 0 Å². The maximum atomic E-state index is 5.39. The highest BCUT2D eigenvalue weighted by Crippen LogP contribution is 2.25. The van der Waals surface area contributed by atoms with Crippen molar-refractivity contribution >= 4 is 16.7 Å². The van der Waals surface area contributed by atoms with E-state index in [1.54, 1.807) is 0 Å². The van der Waals surface area contributed by atoms with Crippen LogP contribution in [0.2, 0.25) is 0 Å². The van der Waals surface area contributed by atoms with E-state index in [-0.39, 0.29) is 0 Å². The summed E-state index contributed by atoms with van der Waals surface area (Å²) >= 11 is 0. The summed E-state index contributed by atoms with van der Waals surface area (Å²) in [7, 11) is 0. The van der Waals surface area contributed by atoms with Crippen LogP contribution in [0.15, 0.2) is 48.7 Å². The van der Waals surface area contributed by atoms with Crippen molar-refractivity contribution in [2.75, 3.05) is 31.2 Å². The van der Waals surface area contributed by atoms with Gasteiger partial charge in [0.25, 0.3) is 0 Å². The molecule has 0 amide bonds. The maximum absolute atomic E-state index is 5.39. The Morgan fingerprint density at radius 2 is 1.86 bits per heavy atom. The maximum Gasteiger partial charge on any atom is 0.137 e. The van der Waals surface area contributed by atoms with Crippen molar-refractivity contribution in [2.45, 2.75) is 0 Å². The van der Waals surface area contributed by atoms with Gasteiger partial charge in [-0.3, -0.25) is 0 Å². The van der Waals surface area contributed by atoms with E-state index < -0.39 is 0 Å². The van der Waals surface area contributed by atoms with E-state index in [0.717, 1.165) is 43.0 Å². The monoisotopic (exact) mass is 279 g/mol. The third-order valence-corrected chi connectivity index (χ3v) is 3.95. The third kappa shape index (κ3) is 2.38. The standard InChI is InChI=1S/C17H17N3O/c1-2-14-12-16(19-17(14)18-7-1)13-3-5-15(6-4-13)20-8-10-21-11-9-20/h1-7,12H,8-11H2,(H,18,19). The zero-order chi connectivity index (χ0) is 14.1. The fourth-order valence-corrected chi connectivity index (χ4v) is 2.79. The first-order chi connectivity index (χ1) is 10.4. The summed E-state index contributed by atoms with van der Waals surface area (Å²) in [6.45, 7) is 3.57. The van der Waals surface area contributed by atoms with E-state index in [0.29, 0.717) is 0 Å². The molecule has 3 heterocycles. The molecule has 0 atom stereocenters. The summed E-state index contributed by atoms with van der Waals surface area (Å²) < 4.78 is 5.39. The van der Waals surface area contributed by atoms with Crippen molar-refractivity contribution in [3.8, 4) is 11.3 Å². The molecule has 4 heteroatoms. The number of morpholine rings is 1. The Kier molecular flexibility index (Phi) is 3.09. The predicted molar refractivity (Wildman–Crippen MR) is 84.6 cm³/mol. The van der Waals surface area contributed by atoms with E-state index in [1.165, 1.54) is 11.3 Å². The molecule has 0 saturated carbocycles. The number of aromatic amines is 1. The summed E-state index contributed by atoms with van der Waals surface area (Å²) in [6, 6.07) is 14.9. The van der Waals surface area contributed by atoms with Gasteiger partial charge in [0.2, 0.25) is 0 Å². The fourth-order valence-electron chi connectivity index (χ4n) is 2.79. The number of hydrogen-bond acceptors (Lipinski definition) is 3. The Labute approximate surface area is 123 Å². The average molecular weight is 279 g/mol. The van der Waals surface area contributed by atoms with E-state index in [1.807, 2.05) is 12.3 Å². The number of pyridine rings is 1. The summed E-state index contributed by atoms with van der Waals surface area (Å²) in [5.41, 5.74) is 4.49. The van der Waals surface area contributed by atoms with Gasteiger partial charge in [0.1, 0.15) is 5.65 Å². The van der Waals surface area contributed by atoms with Crippen LogP contribution in [0.4, 0.5) is 5.69 Å². The Hall–Kier alpha value is -2.33. The van der Waals surface area contributed by atoms with E-state index >= 15 is 0 Å². The van der Waals surface area contributed by atoms with Gasteiger partial charge < -0.3 is 14.6 Å². The number of ether oxygens (including phenoxy) is 1. The van der Waals surface area contributed by atoms with Crippen molar-refractivity contribution in [1.29, 1.82) is 0 Å². The molecule has 0 unspecified atom stereocenters. The number of hydrogen-bond donors (Lipinski definition) is 1. The second-order valence-corrected chi connectivity index (χ2v) is 5.27. The Balaban J connectivity index is 1.63. The van der Waals surface area contributed by atoms with Crippen molar-refractivity contribution in [1.82, 2.24) is 9.97 Å². The molecule has 0 aliphatic carbocycles. The van der Waals surface area contributed by atoms with Crippen molar-refractivity contribution in [3.05, 3.63) is 48.7 Å². The summed E-state index contributed by atoms with van der Waals surface area (Å²) in [5.74, 6) is 0. The molecule has 1 aliphatic heterocycles. The van der Waals surface area contributed by atoms with Crippen molar-refractivity contribution in [2.24, 2.45) is 0 Å². The molecule has 21 heavy (non-hydrogen) atoms. The van der Waals surface area contributed by atoms with Gasteiger partial charge in [0.05, 0.1) is 13.2 Å². The minimum atomic E-state index is 0.815. The number of nitrogens with one attached hydrogen (secondary N) is 1. The SMILES string of the molecule is c1cnc2[nH]c(-c3ccc(N4CCOCC4)cc3)cc2c1. The van der Waals surface area contributed by atoms with Crippen LogP contribution in [0.1, 0.15) is 0 Å². The number of benzene rings is 1. The molecule has 106 valence electrons. The normalized spacial score (nSPS) is 15.5. The molecule has 0 spiro atoms. The summed E-state index contributed by atoms with van der Waals surface area (Å²) in [6.07, 6.45) is 1.81. The Morgan fingerprint density at radius 1 is 1.05 bits per heavy atom. The lowest BCUT2D eigenvalue weighted by Crippen LogP contribution is -2.36. The van der Waals surface area contributed by atoms with Crippen molar-refractivity contribution < 1.29 is 4.74 Å². The molecular formula is C17H17N3O. The first kappa shape index (κ1) is 12.4. The van der Waals surface area contributed by atoms with Crippen molar-refractivity contribution in [3.63, 3.8) is 0 Å². The second kappa shape index (κ2) is 5.22. The number of anilines is 1. The molecule has 2 aromatic heterocycles. The number of fused-ring (bicyclic) bond motifs is 1. The predicted octanol–water partition coefficient (Wildman–Crippen LogP) is 3.07. The average Bonchev–Trinajstić information content (AvgIpc) is 3.00. The molecule has 1 aromatic carbocycles. The lowest BCUT2D eigenvalue weighted by atomic mass is 10.1. The van der Waals surface area contributed by atoms with Crippen LogP contribution >= 0.6 is 0 Å². The van der Waals surface area contributed by atoms with Gasteiger partial charge in [-0.05, 0) is 35.9 Å². The minimum Gasteiger partial charge on any atom is -0.378 e. The van der Waals surface area contributed by atoms with Crippen LogP contribution in [0, 0.1) is 0 Å². The van der Waals surface area contributed by atoms with Gasteiger partial charge in [0, 0.05) is 36.1 Å². The van der Waals surface area contributed by atoms with Crippen LogP contribution in [0.3, 0.4) is 0 Å². The quantitative estimate of drug-likeness (QED) is 0.784. The summed E-state index contributed by atoms with van der Waals surface area (Å²) in [5, 5.41) is 1.14. The smallest absolute Gasteiger partial charge is 0.137 e. The highest BCUT2D eigenvalue weighted by atomic mass is 16.5. The number of nitrogens with zero attached hydrogens (tertiary/aromatic N) is 2. The van der Waals surface area contributed by atoms with E-state index in [2.05, 4.69) is 51.3 Å². The molecule has 1 fully saturated rings. The molecule has 1 aliphatic rings. The largest absolute Gasteiger partial charge is 0.378 e. The zero-order valence-corrected chi connectivity index (χ0v) is 11.7. The van der Waals surface area contributed by atoms with Gasteiger partial charge in [-0.1, -0.05) is 12.1 Å². The molecule has 0 bridgehead atoms. The van der Waals surface area contributed by atoms with Gasteiger partial charge >= 0.3 is 0 Å². The zero-order valence-electron chi connectivity index (χ0n) is 11.7. The minimum absolute atomic E-state index is 0.815. The molecule has 3 aromatic rings. The fraction of sp³-hybridized carbons (Fsp3) is 0.235. The van der Waals surface area contributed by atoms with Crippen LogP contribution in [0.5, 0.6) is 0 Å².